The van der Waals surface area contributed by atoms with Crippen molar-refractivity contribution < 1.29 is 23.8 Å². The van der Waals surface area contributed by atoms with Crippen LogP contribution >= 0.6 is 0 Å². The van der Waals surface area contributed by atoms with Gasteiger partial charge in [0.15, 0.2) is 17.7 Å². The summed E-state index contributed by atoms with van der Waals surface area (Å²) >= 11 is 0. The zero-order valence-electron chi connectivity index (χ0n) is 13.2. The summed E-state index contributed by atoms with van der Waals surface area (Å²) in [5, 5.41) is 8.90. The molecule has 1 aromatic carbocycles. The molecule has 0 aromatic heterocycles. The molecule has 1 aromatic rings. The van der Waals surface area contributed by atoms with Crippen LogP contribution in [0.4, 0.5) is 4.39 Å². The molecular formula is C17H22FNO4. The average Bonchev–Trinajstić information content (AvgIpc) is 2.53. The second kappa shape index (κ2) is 7.94. The summed E-state index contributed by atoms with van der Waals surface area (Å²) in [5.74, 6) is -1.52. The number of aliphatic carboxylic acids is 1. The maximum atomic E-state index is 13.7. The monoisotopic (exact) mass is 323 g/mol. The number of amides is 1. The van der Waals surface area contributed by atoms with E-state index >= 15 is 0 Å². The van der Waals surface area contributed by atoms with E-state index < -0.39 is 17.9 Å². The molecule has 0 aliphatic carbocycles. The fourth-order valence-corrected chi connectivity index (χ4v) is 2.88. The molecule has 1 heterocycles. The Morgan fingerprint density at radius 3 is 2.83 bits per heavy atom. The van der Waals surface area contributed by atoms with Crippen LogP contribution in [0.1, 0.15) is 32.6 Å². The van der Waals surface area contributed by atoms with Crippen molar-refractivity contribution >= 4 is 11.9 Å². The van der Waals surface area contributed by atoms with Gasteiger partial charge in [-0.1, -0.05) is 19.1 Å². The molecule has 1 N–H and O–H groups in total. The molecule has 5 nitrogen and oxygen atoms in total. The number of likely N-dealkylation sites (tertiary alicyclic amines) is 1. The normalized spacial score (nSPS) is 19.2. The molecule has 1 aliphatic heterocycles. The minimum atomic E-state index is -0.848. The Morgan fingerprint density at radius 1 is 1.43 bits per heavy atom. The van der Waals surface area contributed by atoms with Crippen LogP contribution in [0.3, 0.4) is 0 Å². The van der Waals surface area contributed by atoms with Crippen LogP contribution in [0.2, 0.25) is 0 Å². The smallest absolute Gasteiger partial charge is 0.303 e. The van der Waals surface area contributed by atoms with E-state index in [0.29, 0.717) is 19.5 Å². The molecule has 0 unspecified atom stereocenters. The fraction of sp³-hybridized carbons (Fsp3) is 0.529. The predicted octanol–water partition coefficient (Wildman–Crippen LogP) is 2.70. The van der Waals surface area contributed by atoms with Gasteiger partial charge in [-0.3, -0.25) is 9.59 Å². The zero-order valence-corrected chi connectivity index (χ0v) is 13.2. The highest BCUT2D eigenvalue weighted by atomic mass is 19.1. The molecule has 1 aliphatic rings. The minimum Gasteiger partial charge on any atom is -0.481 e. The summed E-state index contributed by atoms with van der Waals surface area (Å²) in [6.07, 6.45) is 1.32. The Labute approximate surface area is 135 Å². The Hall–Kier alpha value is -2.11. The van der Waals surface area contributed by atoms with E-state index in [-0.39, 0.29) is 24.0 Å². The average molecular weight is 323 g/mol. The summed E-state index contributed by atoms with van der Waals surface area (Å²) < 4.78 is 19.2. The Kier molecular flexibility index (Phi) is 5.96. The van der Waals surface area contributed by atoms with Gasteiger partial charge in [-0.2, -0.15) is 0 Å². The summed E-state index contributed by atoms with van der Waals surface area (Å²) in [6.45, 7) is 2.82. The largest absolute Gasteiger partial charge is 0.481 e. The van der Waals surface area contributed by atoms with E-state index in [1.807, 2.05) is 6.92 Å². The first kappa shape index (κ1) is 17.2. The van der Waals surface area contributed by atoms with Crippen molar-refractivity contribution in [2.24, 2.45) is 5.92 Å². The second-order valence-corrected chi connectivity index (χ2v) is 5.84. The van der Waals surface area contributed by atoms with E-state index in [2.05, 4.69) is 0 Å². The van der Waals surface area contributed by atoms with Crippen LogP contribution in [-0.4, -0.2) is 41.1 Å². The molecule has 0 radical (unpaired) electrons. The van der Waals surface area contributed by atoms with Crippen LogP contribution in [-0.2, 0) is 9.59 Å². The van der Waals surface area contributed by atoms with Crippen molar-refractivity contribution in [2.45, 2.75) is 38.7 Å². The van der Waals surface area contributed by atoms with Crippen molar-refractivity contribution in [1.82, 2.24) is 4.90 Å². The number of benzene rings is 1. The van der Waals surface area contributed by atoms with Gasteiger partial charge in [0, 0.05) is 19.5 Å². The lowest BCUT2D eigenvalue weighted by atomic mass is 9.94. The molecule has 0 spiro atoms. The summed E-state index contributed by atoms with van der Waals surface area (Å²) in [4.78, 5) is 25.1. The molecule has 126 valence electrons. The molecular weight excluding hydrogens is 301 g/mol. The van der Waals surface area contributed by atoms with Crippen LogP contribution in [0.25, 0.3) is 0 Å². The summed E-state index contributed by atoms with van der Waals surface area (Å²) in [6, 6.07) is 6.00. The lowest BCUT2D eigenvalue weighted by molar-refractivity contribution is -0.144. The SMILES string of the molecule is CC[C@@H](Oc1ccccc1F)C(=O)N1CCC[C@@H](CC(=O)O)C1. The Morgan fingerprint density at radius 2 is 2.17 bits per heavy atom. The van der Waals surface area contributed by atoms with Crippen molar-refractivity contribution in [2.75, 3.05) is 13.1 Å². The number of carboxylic acids is 1. The number of para-hydroxylation sites is 1. The number of carboxylic acid groups (broad SMARTS) is 1. The van der Waals surface area contributed by atoms with Gasteiger partial charge in [-0.25, -0.2) is 4.39 Å². The predicted molar refractivity (Wildman–Crippen MR) is 82.7 cm³/mol. The van der Waals surface area contributed by atoms with Gasteiger partial charge in [0.2, 0.25) is 0 Å². The van der Waals surface area contributed by atoms with Crippen LogP contribution in [0.15, 0.2) is 24.3 Å². The van der Waals surface area contributed by atoms with E-state index in [0.717, 1.165) is 12.8 Å². The highest BCUT2D eigenvalue weighted by Gasteiger charge is 2.30. The third-order valence-corrected chi connectivity index (χ3v) is 4.05. The second-order valence-electron chi connectivity index (χ2n) is 5.84. The molecule has 0 saturated carbocycles. The van der Waals surface area contributed by atoms with E-state index in [4.69, 9.17) is 9.84 Å². The molecule has 1 saturated heterocycles. The van der Waals surface area contributed by atoms with Gasteiger partial charge < -0.3 is 14.7 Å². The third kappa shape index (κ3) is 4.68. The van der Waals surface area contributed by atoms with E-state index in [9.17, 15) is 14.0 Å². The van der Waals surface area contributed by atoms with Gasteiger partial charge in [-0.15, -0.1) is 0 Å². The molecule has 1 amide bonds. The number of hydrogen-bond acceptors (Lipinski definition) is 3. The molecule has 2 rings (SSSR count). The number of piperidine rings is 1. The first-order chi connectivity index (χ1) is 11.0. The number of nitrogens with zero attached hydrogens (tertiary/aromatic N) is 1. The zero-order chi connectivity index (χ0) is 16.8. The quantitative estimate of drug-likeness (QED) is 0.874. The van der Waals surface area contributed by atoms with Crippen LogP contribution < -0.4 is 4.74 Å². The number of halogens is 1. The topological polar surface area (TPSA) is 66.8 Å². The van der Waals surface area contributed by atoms with Gasteiger partial charge in [0.1, 0.15) is 0 Å². The minimum absolute atomic E-state index is 0.0313. The number of hydrogen-bond donors (Lipinski definition) is 1. The molecule has 1 fully saturated rings. The van der Waals surface area contributed by atoms with Crippen molar-refractivity contribution in [3.05, 3.63) is 30.1 Å². The first-order valence-electron chi connectivity index (χ1n) is 7.93. The third-order valence-electron chi connectivity index (χ3n) is 4.05. The number of ether oxygens (including phenoxy) is 1. The fourth-order valence-electron chi connectivity index (χ4n) is 2.88. The van der Waals surface area contributed by atoms with Crippen LogP contribution in [0, 0.1) is 11.7 Å². The molecule has 2 atom stereocenters. The number of carbonyl (C=O) groups excluding carboxylic acids is 1. The van der Waals surface area contributed by atoms with Gasteiger partial charge >= 0.3 is 5.97 Å². The van der Waals surface area contributed by atoms with Crippen molar-refractivity contribution in [3.8, 4) is 5.75 Å². The van der Waals surface area contributed by atoms with Crippen molar-refractivity contribution in [1.29, 1.82) is 0 Å². The summed E-state index contributed by atoms with van der Waals surface area (Å²) in [7, 11) is 0. The highest BCUT2D eigenvalue weighted by molar-refractivity contribution is 5.81. The lowest BCUT2D eigenvalue weighted by Gasteiger charge is -2.34. The van der Waals surface area contributed by atoms with E-state index in [1.54, 1.807) is 17.0 Å². The van der Waals surface area contributed by atoms with Gasteiger partial charge in [0.05, 0.1) is 0 Å². The Bertz CT molecular complexity index is 563. The highest BCUT2D eigenvalue weighted by Crippen LogP contribution is 2.23. The number of rotatable bonds is 6. The Balaban J connectivity index is 2.01. The van der Waals surface area contributed by atoms with Gasteiger partial charge in [0.25, 0.3) is 5.91 Å². The maximum Gasteiger partial charge on any atom is 0.303 e. The first-order valence-corrected chi connectivity index (χ1v) is 7.93. The summed E-state index contributed by atoms with van der Waals surface area (Å²) in [5.41, 5.74) is 0. The van der Waals surface area contributed by atoms with Crippen molar-refractivity contribution in [3.63, 3.8) is 0 Å². The standard InChI is InChI=1S/C17H22FNO4/c1-2-14(23-15-8-4-3-7-13(15)18)17(22)19-9-5-6-12(11-19)10-16(20)21/h3-4,7-8,12,14H,2,5-6,9-11H2,1H3,(H,20,21)/t12-,14+/m0/s1. The lowest BCUT2D eigenvalue weighted by Crippen LogP contribution is -2.47. The number of carbonyl (C=O) groups is 2. The maximum absolute atomic E-state index is 13.7. The molecule has 23 heavy (non-hydrogen) atoms. The molecule has 6 heteroatoms. The van der Waals surface area contributed by atoms with E-state index in [1.165, 1.54) is 12.1 Å². The van der Waals surface area contributed by atoms with Crippen LogP contribution in [0.5, 0.6) is 5.75 Å². The molecule has 0 bridgehead atoms. The van der Waals surface area contributed by atoms with Gasteiger partial charge in [-0.05, 0) is 37.3 Å².